The van der Waals surface area contributed by atoms with Crippen molar-refractivity contribution in [1.82, 2.24) is 41.3 Å². The molecule has 15 N–H and O–H groups in total. The summed E-state index contributed by atoms with van der Waals surface area (Å²) in [6.07, 6.45) is -12.3. The van der Waals surface area contributed by atoms with Gasteiger partial charge in [-0.1, -0.05) is 97.1 Å². The highest BCUT2D eigenvalue weighted by atomic mass is 16.7. The number of hydrogen-bond donors (Lipinski definition) is 15. The molecule has 0 radical (unpaired) electrons. The number of hydrogen-bond acceptors (Lipinski definition) is 30. The number of phenolic OH excluding ortho intramolecular Hbond substituents is 4. The number of amides is 8. The van der Waals surface area contributed by atoms with E-state index in [-0.39, 0.29) is 90.1 Å². The first-order chi connectivity index (χ1) is 62.0. The maximum absolute atomic E-state index is 14.0. The van der Waals surface area contributed by atoms with Crippen molar-refractivity contribution >= 4 is 82.3 Å². The summed E-state index contributed by atoms with van der Waals surface area (Å²) >= 11 is 0. The Kier molecular flexibility index (Phi) is 27.8. The molecule has 0 spiro atoms. The van der Waals surface area contributed by atoms with Gasteiger partial charge in [0.15, 0.2) is 47.3 Å². The van der Waals surface area contributed by atoms with Crippen molar-refractivity contribution < 1.29 is 147 Å². The molecule has 16 atom stereocenters. The number of Topliss-reactive ketones (excluding diaryl/α,β-unsaturated/α-hetero) is 2. The molecule has 8 amide bonds. The summed E-state index contributed by atoms with van der Waals surface area (Å²) in [6, 6.07) is 21.2. The molecule has 15 rings (SSSR count). The quantitative estimate of drug-likeness (QED) is 0.0408. The Balaban J connectivity index is 0.000000213. The van der Waals surface area contributed by atoms with Gasteiger partial charge in [0, 0.05) is 103 Å². The molecule has 8 unspecified atom stereocenters. The maximum atomic E-state index is 14.0. The standard InChI is InChI=1S/C50H57N5O16.C42H45N3O14/c1-24-10-7-13-28-37(24)44(62)40-39(42(28)60)43(61)29-19-50(68,34(57)22-56)20-33(38(29)45(40)63)71-36-18-30(41(59)26(3)70-36)53-48(66)31-14-8-16-54(31)35(58)21-51-46(64)25(2)52-47(65)32-15-9-17-55(32)49(67)69-23-27-11-5-4-6-12-27;1-20-8-6-11-23-31(20)38(52)34-33(36(23)50)37(51)24-15-42(56,28(47)18-46)16-27(32(24)39(34)53)59-30-14-25(35(49)21(2)58-30)44-40(54)26-12-7-13-45(26)29(48)17-43-41(55)57-19-22-9-4-3-5-10-22/h4-7,10-13,25-26,30-33,36,41,56,59,61,63,68H,8-9,14-23H2,1-3H3,(H,51,64)(H,52,65)(H,53,66);3-6,8-11,21,25-27,30,35,46,49,51,53,56H,7,12-19H2,1-2H3,(H,43,55)(H,44,54)/t25-,26?,30?,31-,32-,33-,36?,41?,50-;21?,25?,26-,27-,30?,35?,42-/m00/s1. The summed E-state index contributed by atoms with van der Waals surface area (Å²) in [4.78, 5) is 191. The van der Waals surface area contributed by atoms with Crippen LogP contribution < -0.4 is 26.6 Å². The second kappa shape index (κ2) is 38.7. The summed E-state index contributed by atoms with van der Waals surface area (Å²) in [5.41, 5.74) is -5.20. The zero-order valence-electron chi connectivity index (χ0n) is 71.6. The van der Waals surface area contributed by atoms with E-state index in [2.05, 4.69) is 26.6 Å². The van der Waals surface area contributed by atoms with Gasteiger partial charge >= 0.3 is 12.2 Å². The van der Waals surface area contributed by atoms with E-state index < -0.39 is 276 Å². The molecule has 38 heteroatoms. The van der Waals surface area contributed by atoms with Crippen LogP contribution in [0.3, 0.4) is 0 Å². The number of phenols is 4. The summed E-state index contributed by atoms with van der Waals surface area (Å²) < 4.78 is 35.1. The van der Waals surface area contributed by atoms with Crippen molar-refractivity contribution in [2.75, 3.05) is 45.9 Å². The Labute approximate surface area is 743 Å². The average Bonchev–Trinajstić information content (AvgIpc) is 0.848. The summed E-state index contributed by atoms with van der Waals surface area (Å²) in [6.45, 7) is 5.27. The third-order valence-electron chi connectivity index (χ3n) is 25.7. The van der Waals surface area contributed by atoms with Crippen LogP contribution in [0.4, 0.5) is 9.59 Å². The van der Waals surface area contributed by atoms with Gasteiger partial charge in [-0.05, 0) is 95.4 Å². The molecular formula is C92H102N8O30. The maximum Gasteiger partial charge on any atom is 0.410 e. The highest BCUT2D eigenvalue weighted by Crippen LogP contribution is 2.55. The number of aliphatic hydroxyl groups is 6. The van der Waals surface area contributed by atoms with Gasteiger partial charge in [0.05, 0.1) is 65.3 Å². The van der Waals surface area contributed by atoms with E-state index in [1.54, 1.807) is 74.5 Å². The van der Waals surface area contributed by atoms with Gasteiger partial charge in [0.1, 0.15) is 104 Å². The lowest BCUT2D eigenvalue weighted by Crippen LogP contribution is -2.59. The number of aryl methyl sites for hydroxylation is 2. The van der Waals surface area contributed by atoms with Gasteiger partial charge < -0.3 is 116 Å². The van der Waals surface area contributed by atoms with Crippen LogP contribution in [0.1, 0.15) is 205 Å². The van der Waals surface area contributed by atoms with E-state index in [0.29, 0.717) is 49.8 Å². The van der Waals surface area contributed by atoms with Crippen molar-refractivity contribution in [3.05, 3.63) is 186 Å². The number of aromatic hydroxyl groups is 4. The summed E-state index contributed by atoms with van der Waals surface area (Å²) in [7, 11) is 0. The van der Waals surface area contributed by atoms with Crippen LogP contribution in [-0.2, 0) is 92.8 Å². The van der Waals surface area contributed by atoms with Gasteiger partial charge in [-0.15, -0.1) is 0 Å². The van der Waals surface area contributed by atoms with E-state index in [4.69, 9.17) is 28.4 Å². The van der Waals surface area contributed by atoms with Gasteiger partial charge in [0.2, 0.25) is 35.4 Å². The number of carbonyl (C=O) groups is 14. The van der Waals surface area contributed by atoms with Crippen LogP contribution in [0.5, 0.6) is 23.0 Å². The Morgan fingerprint density at radius 1 is 0.492 bits per heavy atom. The smallest absolute Gasteiger partial charge is 0.410 e. The molecule has 5 fully saturated rings. The molecule has 690 valence electrons. The van der Waals surface area contributed by atoms with Crippen molar-refractivity contribution in [2.45, 2.75) is 222 Å². The molecule has 5 heterocycles. The number of alkyl carbamates (subject to hydrolysis) is 1. The van der Waals surface area contributed by atoms with Gasteiger partial charge in [-0.25, -0.2) is 9.59 Å². The monoisotopic (exact) mass is 1800 g/mol. The molecule has 130 heavy (non-hydrogen) atoms. The van der Waals surface area contributed by atoms with E-state index in [9.17, 15) is 118 Å². The Morgan fingerprint density at radius 2 is 0.885 bits per heavy atom. The SMILES string of the molecule is Cc1cccc2c1C(=O)c1c(O)c3c(c(O)c1C2=O)C[C@@](O)(C(=O)CO)C[C@@H]3OC1CC(NC(=O)[C@@H]2CCCN2C(=O)CNC(=O)OCc2ccccc2)C(O)C(C)O1.Cc1cccc2c1C(=O)c1c(O)c3c(c(O)c1C2=O)C[C@@](O)(C(=O)CO)C[C@@H]3OC1CC(NC(=O)[C@@H]2CCCN2C(=O)CNC(=O)[C@H](C)NC(=O)[C@@H]2CCCN2C(=O)OCc2ccccc2)C(O)C(C)O1. The number of benzene rings is 6. The third-order valence-corrected chi connectivity index (χ3v) is 25.7. The fraction of sp³-hybridized carbons (Fsp3) is 0.457. The van der Waals surface area contributed by atoms with Gasteiger partial charge in [-0.2, -0.15) is 0 Å². The molecule has 0 saturated carbocycles. The largest absolute Gasteiger partial charge is 0.507 e. The minimum Gasteiger partial charge on any atom is -0.507 e. The topological polar surface area (TPSA) is 567 Å². The van der Waals surface area contributed by atoms with E-state index in [1.165, 1.54) is 47.6 Å². The predicted molar refractivity (Wildman–Crippen MR) is 449 cm³/mol. The molecule has 38 nitrogen and oxygen atoms in total. The molecule has 5 saturated heterocycles. The van der Waals surface area contributed by atoms with E-state index in [0.717, 1.165) is 11.1 Å². The number of likely N-dealkylation sites (tertiary alicyclic amines) is 3. The first-order valence-electron chi connectivity index (χ1n) is 43.0. The normalized spacial score (nSPS) is 26.1. The molecule has 4 aliphatic carbocycles. The molecule has 6 aromatic rings. The number of ketones is 6. The van der Waals surface area contributed by atoms with Crippen LogP contribution >= 0.6 is 0 Å². The number of fused-ring (bicyclic) bond motifs is 6. The number of nitrogens with one attached hydrogen (secondary N) is 5. The van der Waals surface area contributed by atoms with Gasteiger partial charge in [-0.3, -0.25) is 62.4 Å². The lowest BCUT2D eigenvalue weighted by molar-refractivity contribution is -0.249. The first-order valence-corrected chi connectivity index (χ1v) is 43.0. The van der Waals surface area contributed by atoms with Gasteiger partial charge in [0.25, 0.3) is 0 Å². The van der Waals surface area contributed by atoms with Crippen LogP contribution in [0, 0.1) is 13.8 Å². The number of carbonyl (C=O) groups excluding carboxylic acids is 14. The fourth-order valence-electron chi connectivity index (χ4n) is 18.9. The Bertz CT molecular complexity index is 5540. The molecule has 0 bridgehead atoms. The Hall–Kier alpha value is -12.5. The van der Waals surface area contributed by atoms with Crippen molar-refractivity contribution in [2.24, 2.45) is 0 Å². The fourth-order valence-corrected chi connectivity index (χ4v) is 18.9. The molecule has 0 aromatic heterocycles. The third kappa shape index (κ3) is 18.6. The Morgan fingerprint density at radius 3 is 1.31 bits per heavy atom. The van der Waals surface area contributed by atoms with Crippen LogP contribution in [-0.4, -0.2) is 278 Å². The predicted octanol–water partition coefficient (Wildman–Crippen LogP) is 2.25. The van der Waals surface area contributed by atoms with Crippen molar-refractivity contribution in [3.63, 3.8) is 0 Å². The molecule has 9 aliphatic rings. The molecular weight excluding hydrogens is 1700 g/mol. The van der Waals surface area contributed by atoms with E-state index in [1.807, 2.05) is 24.3 Å². The lowest BCUT2D eigenvalue weighted by atomic mass is 9.71. The van der Waals surface area contributed by atoms with Crippen molar-refractivity contribution in [3.8, 4) is 23.0 Å². The number of nitrogens with zero attached hydrogens (tertiary/aromatic N) is 3. The summed E-state index contributed by atoms with van der Waals surface area (Å²) in [5, 5.41) is 125. The highest BCUT2D eigenvalue weighted by molar-refractivity contribution is 6.32. The van der Waals surface area contributed by atoms with E-state index >= 15 is 0 Å². The van der Waals surface area contributed by atoms with Crippen LogP contribution in [0.25, 0.3) is 0 Å². The van der Waals surface area contributed by atoms with Crippen LogP contribution in [0.15, 0.2) is 97.1 Å². The van der Waals surface area contributed by atoms with Crippen LogP contribution in [0.2, 0.25) is 0 Å². The number of aliphatic hydroxyl groups excluding tert-OH is 4. The van der Waals surface area contributed by atoms with Crippen molar-refractivity contribution in [1.29, 1.82) is 0 Å². The minimum atomic E-state index is -2.39. The lowest BCUT2D eigenvalue weighted by Gasteiger charge is -2.43. The second-order valence-electron chi connectivity index (χ2n) is 34.2. The number of ether oxygens (including phenoxy) is 6. The molecule has 6 aromatic carbocycles. The zero-order chi connectivity index (χ0) is 93.4. The highest BCUT2D eigenvalue weighted by Gasteiger charge is 2.54. The summed E-state index contributed by atoms with van der Waals surface area (Å²) in [5.74, 6) is -11.6. The average molecular weight is 1800 g/mol. The minimum absolute atomic E-state index is 0.000292. The number of rotatable bonds is 23. The first kappa shape index (κ1) is 93.6. The zero-order valence-corrected chi connectivity index (χ0v) is 71.6. The molecule has 5 aliphatic heterocycles. The second-order valence-corrected chi connectivity index (χ2v) is 34.2.